The summed E-state index contributed by atoms with van der Waals surface area (Å²) in [5.41, 5.74) is 3.44. The van der Waals surface area contributed by atoms with Crippen molar-refractivity contribution in [3.63, 3.8) is 0 Å². The monoisotopic (exact) mass is 441 g/mol. The standard InChI is InChI=1S/C25H23N5OS/c1-2-3-13-22-28-30-23(26)20(24(31)27-25(30)32-22)14-18-16-29(15-17-9-5-4-6-10-17)21-12-8-7-11-19(18)21/h4-12,14,16,26H,2-3,13,15H2,1H3/b20-14-,26-23?. The maximum atomic E-state index is 12.8. The quantitative estimate of drug-likeness (QED) is 0.513. The molecule has 0 fully saturated rings. The number of rotatable bonds is 6. The predicted molar refractivity (Wildman–Crippen MR) is 132 cm³/mol. The van der Waals surface area contributed by atoms with Crippen LogP contribution in [0.1, 0.15) is 37.3 Å². The Hall–Kier alpha value is -3.45. The number of amidine groups is 2. The minimum Gasteiger partial charge on any atom is -0.342 e. The highest BCUT2D eigenvalue weighted by Crippen LogP contribution is 2.31. The largest absolute Gasteiger partial charge is 0.342 e. The summed E-state index contributed by atoms with van der Waals surface area (Å²) >= 11 is 1.39. The Morgan fingerprint density at radius 3 is 2.69 bits per heavy atom. The van der Waals surface area contributed by atoms with Crippen molar-refractivity contribution in [2.45, 2.75) is 32.7 Å². The molecule has 32 heavy (non-hydrogen) atoms. The van der Waals surface area contributed by atoms with E-state index in [0.717, 1.165) is 47.3 Å². The van der Waals surface area contributed by atoms with Gasteiger partial charge in [0.25, 0.3) is 5.91 Å². The van der Waals surface area contributed by atoms with Crippen molar-refractivity contribution >= 4 is 50.7 Å². The molecular formula is C25H23N5OS. The van der Waals surface area contributed by atoms with E-state index in [4.69, 9.17) is 5.41 Å². The Bertz CT molecular complexity index is 1300. The molecule has 1 amide bonds. The van der Waals surface area contributed by atoms with E-state index in [1.165, 1.54) is 22.3 Å². The molecule has 3 heterocycles. The topological polar surface area (TPSA) is 73.8 Å². The lowest BCUT2D eigenvalue weighted by Gasteiger charge is -2.20. The summed E-state index contributed by atoms with van der Waals surface area (Å²) in [7, 11) is 0. The highest BCUT2D eigenvalue weighted by molar-refractivity contribution is 8.26. The Kier molecular flexibility index (Phi) is 5.49. The van der Waals surface area contributed by atoms with Gasteiger partial charge in [-0.05, 0) is 42.3 Å². The second-order valence-electron chi connectivity index (χ2n) is 7.83. The number of amides is 1. The van der Waals surface area contributed by atoms with E-state index in [9.17, 15) is 4.79 Å². The van der Waals surface area contributed by atoms with E-state index >= 15 is 0 Å². The molecule has 160 valence electrons. The van der Waals surface area contributed by atoms with Gasteiger partial charge in [-0.1, -0.05) is 61.9 Å². The number of nitrogens with zero attached hydrogens (tertiary/aromatic N) is 4. The van der Waals surface area contributed by atoms with Crippen LogP contribution in [0, 0.1) is 5.41 Å². The number of fused-ring (bicyclic) bond motifs is 2. The molecule has 7 heteroatoms. The SMILES string of the molecule is CCCCC1=NN2C(=N)/C(=C/c3cn(Cc4ccccc4)c4ccccc34)C(=O)N=C2S1. The maximum absolute atomic E-state index is 12.8. The first-order valence-corrected chi connectivity index (χ1v) is 11.6. The van der Waals surface area contributed by atoms with Crippen molar-refractivity contribution in [3.05, 3.63) is 77.5 Å². The number of carbonyl (C=O) groups is 1. The number of hydrogen-bond acceptors (Lipinski definition) is 4. The third-order valence-corrected chi connectivity index (χ3v) is 6.52. The van der Waals surface area contributed by atoms with Gasteiger partial charge in [0.05, 0.1) is 5.57 Å². The molecule has 2 aliphatic rings. The van der Waals surface area contributed by atoms with Crippen LogP contribution in [-0.4, -0.2) is 31.5 Å². The third-order valence-electron chi connectivity index (χ3n) is 5.56. The molecule has 0 atom stereocenters. The Morgan fingerprint density at radius 1 is 1.09 bits per heavy atom. The number of hydrazone groups is 1. The Morgan fingerprint density at radius 2 is 1.88 bits per heavy atom. The molecule has 0 unspecified atom stereocenters. The molecule has 2 aromatic carbocycles. The number of hydrogen-bond donors (Lipinski definition) is 1. The molecule has 0 aliphatic carbocycles. The van der Waals surface area contributed by atoms with E-state index in [1.54, 1.807) is 6.08 Å². The minimum absolute atomic E-state index is 0.0823. The lowest BCUT2D eigenvalue weighted by atomic mass is 10.1. The lowest BCUT2D eigenvalue weighted by Crippen LogP contribution is -2.35. The van der Waals surface area contributed by atoms with Gasteiger partial charge >= 0.3 is 0 Å². The number of benzene rings is 2. The van der Waals surface area contributed by atoms with Gasteiger partial charge in [-0.3, -0.25) is 10.2 Å². The van der Waals surface area contributed by atoms with Gasteiger partial charge in [0, 0.05) is 29.2 Å². The first-order chi connectivity index (χ1) is 15.6. The van der Waals surface area contributed by atoms with E-state index in [1.807, 2.05) is 42.6 Å². The highest BCUT2D eigenvalue weighted by Gasteiger charge is 2.35. The molecule has 3 aromatic rings. The van der Waals surface area contributed by atoms with Crippen LogP contribution in [0.15, 0.2) is 76.5 Å². The van der Waals surface area contributed by atoms with Gasteiger partial charge in [0.2, 0.25) is 5.17 Å². The van der Waals surface area contributed by atoms with Crippen LogP contribution < -0.4 is 0 Å². The molecule has 0 bridgehead atoms. The summed E-state index contributed by atoms with van der Waals surface area (Å²) in [4.78, 5) is 17.0. The van der Waals surface area contributed by atoms with Gasteiger partial charge < -0.3 is 4.57 Å². The Balaban J connectivity index is 1.51. The van der Waals surface area contributed by atoms with Crippen LogP contribution in [0.4, 0.5) is 0 Å². The molecule has 6 nitrogen and oxygen atoms in total. The fraction of sp³-hybridized carbons (Fsp3) is 0.200. The summed E-state index contributed by atoms with van der Waals surface area (Å²) in [5, 5.41) is 17.1. The molecule has 0 spiro atoms. The van der Waals surface area contributed by atoms with Gasteiger partial charge in [-0.2, -0.15) is 15.1 Å². The van der Waals surface area contributed by atoms with E-state index in [2.05, 4.69) is 39.8 Å². The average Bonchev–Trinajstić information content (AvgIpc) is 3.37. The molecule has 0 radical (unpaired) electrons. The number of aromatic nitrogens is 1. The van der Waals surface area contributed by atoms with Gasteiger partial charge in [0.15, 0.2) is 5.84 Å². The van der Waals surface area contributed by atoms with Crippen LogP contribution in [0.5, 0.6) is 0 Å². The summed E-state index contributed by atoms with van der Waals surface area (Å²) in [6.45, 7) is 2.86. The fourth-order valence-corrected chi connectivity index (χ4v) is 4.84. The van der Waals surface area contributed by atoms with E-state index in [0.29, 0.717) is 5.17 Å². The van der Waals surface area contributed by atoms with E-state index in [-0.39, 0.29) is 17.3 Å². The zero-order valence-corrected chi connectivity index (χ0v) is 18.6. The maximum Gasteiger partial charge on any atom is 0.283 e. The van der Waals surface area contributed by atoms with Crippen molar-refractivity contribution in [2.75, 3.05) is 0 Å². The smallest absolute Gasteiger partial charge is 0.283 e. The molecule has 2 aliphatic heterocycles. The van der Waals surface area contributed by atoms with Crippen molar-refractivity contribution in [3.8, 4) is 0 Å². The second kappa shape index (κ2) is 8.59. The summed E-state index contributed by atoms with van der Waals surface area (Å²) in [6, 6.07) is 18.4. The first-order valence-electron chi connectivity index (χ1n) is 10.7. The number of unbranched alkanes of at least 4 members (excludes halogenated alkanes) is 1. The Labute approximate surface area is 190 Å². The fourth-order valence-electron chi connectivity index (χ4n) is 3.92. The van der Waals surface area contributed by atoms with Crippen molar-refractivity contribution in [2.24, 2.45) is 10.1 Å². The van der Waals surface area contributed by atoms with E-state index < -0.39 is 0 Å². The average molecular weight is 442 g/mol. The molecule has 1 N–H and O–H groups in total. The second-order valence-corrected chi connectivity index (χ2v) is 8.87. The van der Waals surface area contributed by atoms with Crippen LogP contribution in [-0.2, 0) is 11.3 Å². The van der Waals surface area contributed by atoms with Crippen LogP contribution in [0.25, 0.3) is 17.0 Å². The van der Waals surface area contributed by atoms with Gasteiger partial charge in [0.1, 0.15) is 5.04 Å². The zero-order valence-electron chi connectivity index (χ0n) is 17.8. The third kappa shape index (κ3) is 3.80. The highest BCUT2D eigenvalue weighted by atomic mass is 32.2. The molecule has 5 rings (SSSR count). The number of aliphatic imine (C=N–C) groups is 1. The molecular weight excluding hydrogens is 418 g/mol. The minimum atomic E-state index is -0.388. The van der Waals surface area contributed by atoms with Gasteiger partial charge in [-0.15, -0.1) is 0 Å². The van der Waals surface area contributed by atoms with Crippen molar-refractivity contribution < 1.29 is 4.79 Å². The molecule has 0 saturated carbocycles. The lowest BCUT2D eigenvalue weighted by molar-refractivity contribution is -0.114. The summed E-state index contributed by atoms with van der Waals surface area (Å²) in [5.74, 6) is -0.306. The van der Waals surface area contributed by atoms with Crippen LogP contribution in [0.3, 0.4) is 0 Å². The number of carbonyl (C=O) groups excluding carboxylic acids is 1. The number of para-hydroxylation sites is 1. The summed E-state index contributed by atoms with van der Waals surface area (Å²) in [6.07, 6.45) is 6.75. The zero-order chi connectivity index (χ0) is 22.1. The van der Waals surface area contributed by atoms with Crippen LogP contribution in [0.2, 0.25) is 0 Å². The van der Waals surface area contributed by atoms with Gasteiger partial charge in [-0.25, -0.2) is 0 Å². The van der Waals surface area contributed by atoms with Crippen molar-refractivity contribution in [1.29, 1.82) is 5.41 Å². The summed E-state index contributed by atoms with van der Waals surface area (Å²) < 4.78 is 2.18. The number of thioether (sulfide) groups is 1. The van der Waals surface area contributed by atoms with Crippen LogP contribution >= 0.6 is 11.8 Å². The number of nitrogens with one attached hydrogen (secondary N) is 1. The van der Waals surface area contributed by atoms with Crippen molar-refractivity contribution in [1.82, 2.24) is 9.58 Å². The normalized spacial score (nSPS) is 17.2. The molecule has 0 saturated heterocycles. The first kappa shape index (κ1) is 20.5. The predicted octanol–water partition coefficient (Wildman–Crippen LogP) is 5.50. The molecule has 1 aromatic heterocycles.